The third-order valence-electron chi connectivity index (χ3n) is 4.35. The lowest BCUT2D eigenvalue weighted by molar-refractivity contribution is -0.355. The molecule has 1 fully saturated rings. The van der Waals surface area contributed by atoms with Crippen LogP contribution in [0.2, 0.25) is 0 Å². The van der Waals surface area contributed by atoms with E-state index in [0.29, 0.717) is 0 Å². The van der Waals surface area contributed by atoms with Crippen LogP contribution in [0.5, 0.6) is 17.2 Å². The van der Waals surface area contributed by atoms with Crippen LogP contribution in [0.1, 0.15) is 11.1 Å². The number of fused-ring (bicyclic) bond motifs is 2. The average molecular weight is 427 g/mol. The smallest absolute Gasteiger partial charge is 0.453 e. The lowest BCUT2D eigenvalue weighted by Crippen LogP contribution is -2.45. The van der Waals surface area contributed by atoms with Gasteiger partial charge in [-0.15, -0.1) is 0 Å². The Morgan fingerprint density at radius 2 is 1.86 bits per heavy atom. The first-order chi connectivity index (χ1) is 13.6. The highest BCUT2D eigenvalue weighted by molar-refractivity contribution is 7.90. The maximum Gasteiger partial charge on any atom is 0.459 e. The second-order valence-corrected chi connectivity index (χ2v) is 8.34. The van der Waals surface area contributed by atoms with Crippen molar-refractivity contribution in [2.75, 3.05) is 19.5 Å². The van der Waals surface area contributed by atoms with Gasteiger partial charge in [0, 0.05) is 12.3 Å². The number of nitriles is 1. The van der Waals surface area contributed by atoms with Crippen LogP contribution in [0.3, 0.4) is 0 Å². The van der Waals surface area contributed by atoms with E-state index in [9.17, 15) is 21.6 Å². The van der Waals surface area contributed by atoms with Gasteiger partial charge in [-0.1, -0.05) is 0 Å². The van der Waals surface area contributed by atoms with Gasteiger partial charge >= 0.3 is 11.9 Å². The fourth-order valence-electron chi connectivity index (χ4n) is 3.23. The Morgan fingerprint density at radius 3 is 2.48 bits per heavy atom. The molecule has 2 aliphatic rings. The van der Waals surface area contributed by atoms with Crippen LogP contribution >= 0.6 is 0 Å². The minimum atomic E-state index is -4.05. The molecule has 0 saturated carbocycles. The van der Waals surface area contributed by atoms with E-state index in [-0.39, 0.29) is 30.3 Å². The number of alkyl halides is 2. The van der Waals surface area contributed by atoms with Crippen LogP contribution in [-0.2, 0) is 25.1 Å². The lowest BCUT2D eigenvalue weighted by atomic mass is 10.1. The molecule has 0 amide bonds. The van der Waals surface area contributed by atoms with Crippen molar-refractivity contribution in [2.24, 2.45) is 0 Å². The molecule has 0 radical (unpaired) electrons. The molecule has 7 nitrogen and oxygen atoms in total. The largest absolute Gasteiger partial charge is 0.459 e. The number of hydrogen-bond acceptors (Lipinski definition) is 7. The summed E-state index contributed by atoms with van der Waals surface area (Å²) in [4.78, 5) is -0.476. The predicted octanol–water partition coefficient (Wildman–Crippen LogP) is 3.08. The van der Waals surface area contributed by atoms with E-state index in [2.05, 4.69) is 0 Å². The second kappa shape index (κ2) is 6.35. The molecule has 1 spiro atoms. The fourth-order valence-corrected chi connectivity index (χ4v) is 4.14. The normalized spacial score (nSPS) is 18.9. The highest BCUT2D eigenvalue weighted by Gasteiger charge is 2.70. The lowest BCUT2D eigenvalue weighted by Gasteiger charge is -2.27. The third-order valence-corrected chi connectivity index (χ3v) is 5.49. The van der Waals surface area contributed by atoms with Gasteiger partial charge in [-0.05, 0) is 24.3 Å². The number of nitrogens with zero attached hydrogens (tertiary/aromatic N) is 1. The van der Waals surface area contributed by atoms with E-state index >= 15 is 0 Å². The summed E-state index contributed by atoms with van der Waals surface area (Å²) in [5.41, 5.74) is -0.591. The van der Waals surface area contributed by atoms with Gasteiger partial charge in [-0.3, -0.25) is 0 Å². The zero-order valence-electron chi connectivity index (χ0n) is 14.7. The van der Waals surface area contributed by atoms with Crippen LogP contribution in [0.4, 0.5) is 13.2 Å². The molecule has 2 aromatic rings. The number of halogens is 3. The number of hydrogen-bond donors (Lipinski definition) is 0. The van der Waals surface area contributed by atoms with Crippen LogP contribution in [0, 0.1) is 17.1 Å². The van der Waals surface area contributed by atoms with E-state index in [1.807, 2.05) is 0 Å². The Bertz CT molecular complexity index is 1150. The molecule has 0 unspecified atom stereocenters. The summed E-state index contributed by atoms with van der Waals surface area (Å²) in [6.45, 7) is -0.412. The average Bonchev–Trinajstić information content (AvgIpc) is 3.20. The molecule has 0 aliphatic carbocycles. The topological polar surface area (TPSA) is 94.9 Å². The maximum absolute atomic E-state index is 14.7. The molecule has 0 atom stereocenters. The van der Waals surface area contributed by atoms with Gasteiger partial charge in [0.05, 0.1) is 35.3 Å². The number of benzene rings is 2. The first-order valence-electron chi connectivity index (χ1n) is 8.18. The van der Waals surface area contributed by atoms with Crippen molar-refractivity contribution in [1.29, 1.82) is 5.26 Å². The molecule has 152 valence electrons. The molecule has 2 aliphatic heterocycles. The van der Waals surface area contributed by atoms with Crippen LogP contribution in [0.15, 0.2) is 35.2 Å². The summed E-state index contributed by atoms with van der Waals surface area (Å²) in [7, 11) is -3.98. The van der Waals surface area contributed by atoms with E-state index in [1.165, 1.54) is 6.07 Å². The van der Waals surface area contributed by atoms with E-state index in [0.717, 1.165) is 30.5 Å². The molecule has 29 heavy (non-hydrogen) atoms. The molecular weight excluding hydrogens is 415 g/mol. The zero-order valence-corrected chi connectivity index (χ0v) is 15.6. The summed E-state index contributed by atoms with van der Waals surface area (Å²) >= 11 is 0. The molecule has 0 bridgehead atoms. The van der Waals surface area contributed by atoms with E-state index in [1.54, 1.807) is 6.07 Å². The molecule has 2 aromatic carbocycles. The minimum Gasteiger partial charge on any atom is -0.453 e. The second-order valence-electron chi connectivity index (χ2n) is 6.36. The maximum atomic E-state index is 14.7. The Kier molecular flexibility index (Phi) is 4.27. The van der Waals surface area contributed by atoms with Crippen molar-refractivity contribution in [3.63, 3.8) is 0 Å². The van der Waals surface area contributed by atoms with Crippen molar-refractivity contribution in [3.05, 3.63) is 47.3 Å². The summed E-state index contributed by atoms with van der Waals surface area (Å²) < 4.78 is 88.0. The van der Waals surface area contributed by atoms with Gasteiger partial charge in [-0.2, -0.15) is 14.0 Å². The molecule has 0 N–H and O–H groups in total. The van der Waals surface area contributed by atoms with Gasteiger partial charge < -0.3 is 18.9 Å². The summed E-state index contributed by atoms with van der Waals surface area (Å²) in [6, 6.07) is 6.96. The predicted molar refractivity (Wildman–Crippen MR) is 89.9 cm³/mol. The molecular formula is C18H12F3NO6S. The summed E-state index contributed by atoms with van der Waals surface area (Å²) in [5.74, 6) is -4.63. The van der Waals surface area contributed by atoms with Crippen molar-refractivity contribution in [3.8, 4) is 23.3 Å². The van der Waals surface area contributed by atoms with Gasteiger partial charge in [0.15, 0.2) is 21.3 Å². The Balaban J connectivity index is 1.91. The van der Waals surface area contributed by atoms with Gasteiger partial charge in [-0.25, -0.2) is 12.8 Å². The van der Waals surface area contributed by atoms with Gasteiger partial charge in [0.25, 0.3) is 0 Å². The highest BCUT2D eigenvalue weighted by atomic mass is 32.2. The summed E-state index contributed by atoms with van der Waals surface area (Å²) in [6.07, 6.45) is -3.21. The van der Waals surface area contributed by atoms with E-state index in [4.69, 9.17) is 24.2 Å². The molecule has 4 rings (SSSR count). The molecule has 0 aromatic heterocycles. The Morgan fingerprint density at radius 1 is 1.17 bits per heavy atom. The molecule has 11 heteroatoms. The Hall–Kier alpha value is -2.81. The molecule has 2 heterocycles. The van der Waals surface area contributed by atoms with Crippen LogP contribution in [-0.4, -0.2) is 34.0 Å². The van der Waals surface area contributed by atoms with Crippen LogP contribution < -0.4 is 9.47 Å². The van der Waals surface area contributed by atoms with Crippen molar-refractivity contribution >= 4 is 9.84 Å². The number of ether oxygens (including phenoxy) is 4. The van der Waals surface area contributed by atoms with Crippen molar-refractivity contribution in [2.45, 2.75) is 16.8 Å². The van der Waals surface area contributed by atoms with Crippen LogP contribution in [0.25, 0.3) is 0 Å². The summed E-state index contributed by atoms with van der Waals surface area (Å²) in [5, 5.41) is 8.95. The fraction of sp³-hybridized carbons (Fsp3) is 0.278. The first kappa shape index (κ1) is 19.5. The molecule has 1 saturated heterocycles. The highest BCUT2D eigenvalue weighted by Crippen LogP contribution is 2.59. The number of rotatable bonds is 3. The quantitative estimate of drug-likeness (QED) is 0.743. The van der Waals surface area contributed by atoms with E-state index < -0.39 is 43.8 Å². The SMILES string of the molecule is CS(=O)(=O)c1ccc(Oc2cc(F)cc(C#N)c2)c2c1C1(OCCO1)C(F)(F)O2. The zero-order chi connectivity index (χ0) is 21.0. The number of sulfone groups is 1. The standard InChI is InChI=1S/C18H12F3NO6S/c1-29(23,24)14-3-2-13(27-12-7-10(9-22)6-11(19)8-12)16-15(14)17(18(20,21)28-16)25-4-5-26-17/h2-3,6-8H,4-5H2,1H3. The minimum absolute atomic E-state index is 0.0606. The van der Waals surface area contributed by atoms with Crippen molar-refractivity contribution < 1.29 is 40.5 Å². The third kappa shape index (κ3) is 3.00. The Labute approximate surface area is 163 Å². The first-order valence-corrected chi connectivity index (χ1v) is 10.1. The van der Waals surface area contributed by atoms with Gasteiger partial charge in [0.2, 0.25) is 0 Å². The monoisotopic (exact) mass is 427 g/mol. The van der Waals surface area contributed by atoms with Gasteiger partial charge in [0.1, 0.15) is 11.6 Å². The van der Waals surface area contributed by atoms with Crippen molar-refractivity contribution in [1.82, 2.24) is 0 Å².